The highest BCUT2D eigenvalue weighted by Crippen LogP contribution is 2.32. The van der Waals surface area contributed by atoms with Crippen LogP contribution < -0.4 is 10.6 Å². The van der Waals surface area contributed by atoms with Crippen molar-refractivity contribution in [2.24, 2.45) is 11.7 Å². The summed E-state index contributed by atoms with van der Waals surface area (Å²) in [6.07, 6.45) is 9.32. The summed E-state index contributed by atoms with van der Waals surface area (Å²) >= 11 is 0. The predicted octanol–water partition coefficient (Wildman–Crippen LogP) is 2.87. The summed E-state index contributed by atoms with van der Waals surface area (Å²) in [7, 11) is 0. The Morgan fingerprint density at radius 1 is 1.11 bits per heavy atom. The number of para-hydroxylation sites is 1. The average molecular weight is 375 g/mol. The first-order valence-electron chi connectivity index (χ1n) is 9.73. The van der Waals surface area contributed by atoms with E-state index in [-0.39, 0.29) is 6.61 Å². The molecule has 0 saturated carbocycles. The van der Waals surface area contributed by atoms with E-state index >= 15 is 0 Å². The minimum Gasteiger partial charge on any atom is -0.392 e. The van der Waals surface area contributed by atoms with Crippen molar-refractivity contribution in [3.63, 3.8) is 0 Å². The molecule has 0 amide bonds. The number of nitrogens with two attached hydrogens (primary N) is 1. The molecule has 3 N–H and O–H groups in total. The van der Waals surface area contributed by atoms with Crippen molar-refractivity contribution in [3.05, 3.63) is 54.4 Å². The van der Waals surface area contributed by atoms with Crippen molar-refractivity contribution in [1.29, 1.82) is 0 Å². The molecule has 1 aliphatic heterocycles. The lowest BCUT2D eigenvalue weighted by atomic mass is 9.97. The van der Waals surface area contributed by atoms with Crippen molar-refractivity contribution < 1.29 is 5.11 Å². The summed E-state index contributed by atoms with van der Waals surface area (Å²) < 4.78 is 0. The van der Waals surface area contributed by atoms with Gasteiger partial charge in [-0.2, -0.15) is 0 Å². The van der Waals surface area contributed by atoms with E-state index in [1.54, 1.807) is 18.5 Å². The molecule has 0 spiro atoms. The zero-order chi connectivity index (χ0) is 19.3. The fourth-order valence-electron chi connectivity index (χ4n) is 3.72. The smallest absolute Gasteiger partial charge is 0.162 e. The summed E-state index contributed by atoms with van der Waals surface area (Å²) in [4.78, 5) is 16.3. The number of pyridine rings is 1. The SMILES string of the molecule is NCC1CCN(c2nc(-c3ccncc3)nc3c(C=CCO)cccc23)CC1. The highest BCUT2D eigenvalue weighted by Gasteiger charge is 2.22. The molecule has 1 aromatic carbocycles. The van der Waals surface area contributed by atoms with Gasteiger partial charge in [-0.25, -0.2) is 9.97 Å². The molecule has 3 aromatic rings. The largest absolute Gasteiger partial charge is 0.392 e. The van der Waals surface area contributed by atoms with Crippen LogP contribution in [0.1, 0.15) is 18.4 Å². The van der Waals surface area contributed by atoms with Crippen molar-refractivity contribution >= 4 is 22.8 Å². The van der Waals surface area contributed by atoms with Gasteiger partial charge in [0.25, 0.3) is 0 Å². The Balaban J connectivity index is 1.86. The molecule has 0 unspecified atom stereocenters. The molecule has 3 heterocycles. The first-order chi connectivity index (χ1) is 13.8. The van der Waals surface area contributed by atoms with E-state index in [1.165, 1.54) is 0 Å². The second kappa shape index (κ2) is 8.46. The highest BCUT2D eigenvalue weighted by atomic mass is 16.2. The number of hydrogen-bond donors (Lipinski definition) is 2. The van der Waals surface area contributed by atoms with Crippen LogP contribution in [0.4, 0.5) is 5.82 Å². The van der Waals surface area contributed by atoms with E-state index in [0.29, 0.717) is 11.7 Å². The molecule has 0 aliphatic carbocycles. The zero-order valence-electron chi connectivity index (χ0n) is 15.8. The normalized spacial score (nSPS) is 15.6. The molecular formula is C22H25N5O. The molecule has 1 aliphatic rings. The van der Waals surface area contributed by atoms with Gasteiger partial charge in [0.05, 0.1) is 12.1 Å². The molecular weight excluding hydrogens is 350 g/mol. The fourth-order valence-corrected chi connectivity index (χ4v) is 3.72. The lowest BCUT2D eigenvalue weighted by Crippen LogP contribution is -2.36. The van der Waals surface area contributed by atoms with Gasteiger partial charge in [0.2, 0.25) is 0 Å². The molecule has 1 fully saturated rings. The Morgan fingerprint density at radius 3 is 2.61 bits per heavy atom. The lowest BCUT2D eigenvalue weighted by Gasteiger charge is -2.33. The van der Waals surface area contributed by atoms with Crippen LogP contribution in [-0.2, 0) is 0 Å². The molecule has 1 saturated heterocycles. The Hall–Kier alpha value is -2.83. The van der Waals surface area contributed by atoms with Crippen LogP contribution in [-0.4, -0.2) is 46.3 Å². The number of rotatable bonds is 5. The maximum atomic E-state index is 9.19. The first-order valence-corrected chi connectivity index (χ1v) is 9.73. The Labute approximate surface area is 164 Å². The van der Waals surface area contributed by atoms with Gasteiger partial charge in [0.1, 0.15) is 5.82 Å². The monoisotopic (exact) mass is 375 g/mol. The molecule has 28 heavy (non-hydrogen) atoms. The third-order valence-electron chi connectivity index (χ3n) is 5.33. The molecule has 0 radical (unpaired) electrons. The maximum absolute atomic E-state index is 9.19. The summed E-state index contributed by atoms with van der Waals surface area (Å²) in [6, 6.07) is 9.97. The van der Waals surface area contributed by atoms with E-state index in [1.807, 2.05) is 30.3 Å². The number of aliphatic hydroxyl groups is 1. The Kier molecular flexibility index (Phi) is 5.60. The van der Waals surface area contributed by atoms with Gasteiger partial charge in [-0.15, -0.1) is 0 Å². The van der Waals surface area contributed by atoms with Crippen LogP contribution in [0.3, 0.4) is 0 Å². The lowest BCUT2D eigenvalue weighted by molar-refractivity contribution is 0.343. The minimum absolute atomic E-state index is 0.00184. The average Bonchev–Trinajstić information content (AvgIpc) is 2.77. The number of piperidine rings is 1. The van der Waals surface area contributed by atoms with Gasteiger partial charge in [-0.1, -0.05) is 24.3 Å². The number of aliphatic hydroxyl groups excluding tert-OH is 1. The van der Waals surface area contributed by atoms with Gasteiger partial charge < -0.3 is 15.7 Å². The van der Waals surface area contributed by atoms with Gasteiger partial charge in [-0.05, 0) is 43.5 Å². The number of aromatic nitrogens is 3. The number of nitrogens with zero attached hydrogens (tertiary/aromatic N) is 4. The van der Waals surface area contributed by atoms with E-state index in [0.717, 1.165) is 60.3 Å². The molecule has 0 atom stereocenters. The van der Waals surface area contributed by atoms with Crippen molar-refractivity contribution in [2.45, 2.75) is 12.8 Å². The second-order valence-corrected chi connectivity index (χ2v) is 7.10. The molecule has 144 valence electrons. The van der Waals surface area contributed by atoms with E-state index in [9.17, 15) is 5.11 Å². The van der Waals surface area contributed by atoms with Crippen LogP contribution in [0, 0.1) is 5.92 Å². The molecule has 6 heteroatoms. The van der Waals surface area contributed by atoms with Crippen LogP contribution in [0.15, 0.2) is 48.8 Å². The highest BCUT2D eigenvalue weighted by molar-refractivity contribution is 5.96. The number of benzene rings is 1. The van der Waals surface area contributed by atoms with Gasteiger partial charge >= 0.3 is 0 Å². The molecule has 2 aromatic heterocycles. The summed E-state index contributed by atoms with van der Waals surface area (Å²) in [6.45, 7) is 2.63. The van der Waals surface area contributed by atoms with E-state index < -0.39 is 0 Å². The zero-order valence-corrected chi connectivity index (χ0v) is 15.8. The van der Waals surface area contributed by atoms with Crippen molar-refractivity contribution in [3.8, 4) is 11.4 Å². The third kappa shape index (κ3) is 3.74. The van der Waals surface area contributed by atoms with Crippen LogP contribution in [0.5, 0.6) is 0 Å². The summed E-state index contributed by atoms with van der Waals surface area (Å²) in [5, 5.41) is 10.2. The molecule has 4 rings (SSSR count). The standard InChI is InChI=1S/C22H25N5O/c23-15-16-8-12-27(13-9-16)22-19-5-1-3-17(4-2-14-28)20(19)25-21(26-22)18-6-10-24-11-7-18/h1-7,10-11,16,28H,8-9,12-15,23H2. The van der Waals surface area contributed by atoms with Gasteiger partial charge in [-0.3, -0.25) is 4.98 Å². The quantitative estimate of drug-likeness (QED) is 0.713. The predicted molar refractivity (Wildman–Crippen MR) is 113 cm³/mol. The molecule has 0 bridgehead atoms. The maximum Gasteiger partial charge on any atom is 0.162 e. The number of fused-ring (bicyclic) bond motifs is 1. The van der Waals surface area contributed by atoms with Crippen LogP contribution in [0.25, 0.3) is 28.4 Å². The number of anilines is 1. The van der Waals surface area contributed by atoms with Crippen LogP contribution >= 0.6 is 0 Å². The topological polar surface area (TPSA) is 88.2 Å². The van der Waals surface area contributed by atoms with Crippen molar-refractivity contribution in [1.82, 2.24) is 15.0 Å². The summed E-state index contributed by atoms with van der Waals surface area (Å²) in [5.41, 5.74) is 8.67. The minimum atomic E-state index is -0.00184. The third-order valence-corrected chi connectivity index (χ3v) is 5.33. The Bertz CT molecular complexity index is 965. The number of hydrogen-bond acceptors (Lipinski definition) is 6. The van der Waals surface area contributed by atoms with Crippen molar-refractivity contribution in [2.75, 3.05) is 31.1 Å². The first kappa shape index (κ1) is 18.5. The van der Waals surface area contributed by atoms with E-state index in [4.69, 9.17) is 15.7 Å². The van der Waals surface area contributed by atoms with Gasteiger partial charge in [0, 0.05) is 42.0 Å². The van der Waals surface area contributed by atoms with Crippen LogP contribution in [0.2, 0.25) is 0 Å². The Morgan fingerprint density at radius 2 is 1.89 bits per heavy atom. The van der Waals surface area contributed by atoms with E-state index in [2.05, 4.69) is 16.0 Å². The van der Waals surface area contributed by atoms with Gasteiger partial charge in [0.15, 0.2) is 5.82 Å². The summed E-state index contributed by atoms with van der Waals surface area (Å²) in [5.74, 6) is 2.24. The second-order valence-electron chi connectivity index (χ2n) is 7.10. The molecule has 6 nitrogen and oxygen atoms in total. The fraction of sp³-hybridized carbons (Fsp3) is 0.318.